The number of halogens is 1. The fraction of sp³-hybridized carbons (Fsp3) is 0. The lowest BCUT2D eigenvalue weighted by Crippen LogP contribution is -1.88. The Morgan fingerprint density at radius 2 is 2.00 bits per heavy atom. The smallest absolute Gasteiger partial charge is 0.180 e. The molecule has 0 unspecified atom stereocenters. The molecule has 18 heavy (non-hydrogen) atoms. The Morgan fingerprint density at radius 3 is 2.78 bits per heavy atom. The number of aromatic amines is 1. The van der Waals surface area contributed by atoms with Gasteiger partial charge in [0.2, 0.25) is 0 Å². The summed E-state index contributed by atoms with van der Waals surface area (Å²) >= 11 is 3.29. The van der Waals surface area contributed by atoms with Crippen LogP contribution in [0.2, 0.25) is 0 Å². The van der Waals surface area contributed by atoms with E-state index in [9.17, 15) is 5.11 Å². The standard InChI is InChI=1S/C12H9BrN4O/c13-6-1-2-7(9(18)5-6)11-15-8-3-4-10(14)16-12(8)17-11/h1-5,18H,(H3,14,15,16,17). The lowest BCUT2D eigenvalue weighted by atomic mass is 10.2. The van der Waals surface area contributed by atoms with E-state index in [1.165, 1.54) is 0 Å². The van der Waals surface area contributed by atoms with E-state index >= 15 is 0 Å². The van der Waals surface area contributed by atoms with Crippen molar-refractivity contribution in [2.24, 2.45) is 0 Å². The number of aromatic hydroxyl groups is 1. The normalized spacial score (nSPS) is 10.9. The molecule has 0 aliphatic rings. The van der Waals surface area contributed by atoms with Crippen molar-refractivity contribution in [3.63, 3.8) is 0 Å². The zero-order chi connectivity index (χ0) is 12.7. The molecule has 0 bridgehead atoms. The summed E-state index contributed by atoms with van der Waals surface area (Å²) in [7, 11) is 0. The van der Waals surface area contributed by atoms with Crippen LogP contribution in [0.1, 0.15) is 0 Å². The maximum absolute atomic E-state index is 9.89. The van der Waals surface area contributed by atoms with Crippen molar-refractivity contribution < 1.29 is 5.11 Å². The number of phenolic OH excluding ortho intramolecular Hbond substituents is 1. The monoisotopic (exact) mass is 304 g/mol. The van der Waals surface area contributed by atoms with Gasteiger partial charge in [0, 0.05) is 4.47 Å². The van der Waals surface area contributed by atoms with E-state index in [4.69, 9.17) is 5.73 Å². The Balaban J connectivity index is 2.19. The van der Waals surface area contributed by atoms with Gasteiger partial charge in [0.25, 0.3) is 0 Å². The van der Waals surface area contributed by atoms with Gasteiger partial charge >= 0.3 is 0 Å². The summed E-state index contributed by atoms with van der Waals surface area (Å²) in [5, 5.41) is 9.89. The molecule has 3 aromatic rings. The summed E-state index contributed by atoms with van der Waals surface area (Å²) in [5.74, 6) is 1.13. The molecule has 0 saturated carbocycles. The predicted octanol–water partition coefficient (Wildman–Crippen LogP) is 2.68. The number of imidazole rings is 1. The summed E-state index contributed by atoms with van der Waals surface area (Å²) in [6.45, 7) is 0. The van der Waals surface area contributed by atoms with Crippen molar-refractivity contribution in [2.75, 3.05) is 5.73 Å². The number of rotatable bonds is 1. The molecule has 2 aromatic heterocycles. The van der Waals surface area contributed by atoms with Crippen LogP contribution in [-0.2, 0) is 0 Å². The minimum atomic E-state index is 0.149. The van der Waals surface area contributed by atoms with Crippen LogP contribution in [0.25, 0.3) is 22.6 Å². The van der Waals surface area contributed by atoms with Gasteiger partial charge in [0.15, 0.2) is 5.65 Å². The number of H-pyrrole nitrogens is 1. The average Bonchev–Trinajstić information content (AvgIpc) is 2.71. The van der Waals surface area contributed by atoms with Crippen molar-refractivity contribution in [1.82, 2.24) is 15.0 Å². The number of benzene rings is 1. The molecule has 0 radical (unpaired) electrons. The lowest BCUT2D eigenvalue weighted by Gasteiger charge is -2.00. The molecule has 4 N–H and O–H groups in total. The number of hydrogen-bond acceptors (Lipinski definition) is 4. The number of nitrogens with zero attached hydrogens (tertiary/aromatic N) is 2. The number of nitrogens with one attached hydrogen (secondary N) is 1. The van der Waals surface area contributed by atoms with Crippen molar-refractivity contribution in [3.05, 3.63) is 34.8 Å². The molecule has 0 aliphatic carbocycles. The molecule has 5 nitrogen and oxygen atoms in total. The Morgan fingerprint density at radius 1 is 1.17 bits per heavy atom. The maximum atomic E-state index is 9.89. The fourth-order valence-electron chi connectivity index (χ4n) is 1.74. The first-order valence-corrected chi connectivity index (χ1v) is 6.04. The number of fused-ring (bicyclic) bond motifs is 1. The van der Waals surface area contributed by atoms with Gasteiger partial charge in [-0.25, -0.2) is 9.97 Å². The molecule has 1 aromatic carbocycles. The molecular weight excluding hydrogens is 296 g/mol. The number of anilines is 1. The second-order valence-electron chi connectivity index (χ2n) is 3.85. The fourth-order valence-corrected chi connectivity index (χ4v) is 2.09. The highest BCUT2D eigenvalue weighted by Crippen LogP contribution is 2.30. The van der Waals surface area contributed by atoms with Crippen LogP contribution < -0.4 is 5.73 Å². The summed E-state index contributed by atoms with van der Waals surface area (Å²) < 4.78 is 0.808. The van der Waals surface area contributed by atoms with Crippen LogP contribution in [0.4, 0.5) is 5.82 Å². The Hall–Kier alpha value is -2.08. The van der Waals surface area contributed by atoms with Gasteiger partial charge in [-0.1, -0.05) is 15.9 Å². The summed E-state index contributed by atoms with van der Waals surface area (Å²) in [5.41, 5.74) is 7.53. The van der Waals surface area contributed by atoms with Gasteiger partial charge in [-0.2, -0.15) is 0 Å². The van der Waals surface area contributed by atoms with Crippen LogP contribution in [0.5, 0.6) is 5.75 Å². The molecule has 0 spiro atoms. The molecule has 0 atom stereocenters. The number of pyridine rings is 1. The SMILES string of the molecule is Nc1ccc2[nH]c(-c3ccc(Br)cc3O)nc2n1. The van der Waals surface area contributed by atoms with E-state index in [2.05, 4.69) is 30.9 Å². The van der Waals surface area contributed by atoms with Crippen LogP contribution >= 0.6 is 15.9 Å². The minimum Gasteiger partial charge on any atom is -0.507 e. The molecule has 0 fully saturated rings. The van der Waals surface area contributed by atoms with Gasteiger partial charge in [0.05, 0.1) is 11.1 Å². The van der Waals surface area contributed by atoms with E-state index in [-0.39, 0.29) is 5.75 Å². The maximum Gasteiger partial charge on any atom is 0.180 e. The first-order valence-electron chi connectivity index (χ1n) is 5.24. The third-order valence-corrected chi connectivity index (χ3v) is 3.08. The zero-order valence-corrected chi connectivity index (χ0v) is 10.8. The van der Waals surface area contributed by atoms with Crippen LogP contribution in [0.3, 0.4) is 0 Å². The van der Waals surface area contributed by atoms with Gasteiger partial charge in [0.1, 0.15) is 17.4 Å². The molecule has 90 valence electrons. The first-order chi connectivity index (χ1) is 8.63. The third-order valence-electron chi connectivity index (χ3n) is 2.58. The minimum absolute atomic E-state index is 0.149. The molecule has 0 saturated heterocycles. The molecule has 0 aliphatic heterocycles. The quantitative estimate of drug-likeness (QED) is 0.645. The van der Waals surface area contributed by atoms with Crippen molar-refractivity contribution in [3.8, 4) is 17.1 Å². The van der Waals surface area contributed by atoms with E-state index in [1.807, 2.05) is 12.1 Å². The highest BCUT2D eigenvalue weighted by molar-refractivity contribution is 9.10. The van der Waals surface area contributed by atoms with E-state index in [0.29, 0.717) is 22.9 Å². The number of phenols is 1. The van der Waals surface area contributed by atoms with Crippen LogP contribution in [-0.4, -0.2) is 20.1 Å². The van der Waals surface area contributed by atoms with E-state index in [1.54, 1.807) is 18.2 Å². The number of nitrogens with two attached hydrogens (primary N) is 1. The van der Waals surface area contributed by atoms with E-state index in [0.717, 1.165) is 9.99 Å². The summed E-state index contributed by atoms with van der Waals surface area (Å²) in [6, 6.07) is 8.74. The predicted molar refractivity (Wildman–Crippen MR) is 73.1 cm³/mol. The van der Waals surface area contributed by atoms with E-state index < -0.39 is 0 Å². The largest absolute Gasteiger partial charge is 0.507 e. The molecule has 0 amide bonds. The van der Waals surface area contributed by atoms with Crippen LogP contribution in [0, 0.1) is 0 Å². The average molecular weight is 305 g/mol. The summed E-state index contributed by atoms with van der Waals surface area (Å²) in [6.07, 6.45) is 0. The van der Waals surface area contributed by atoms with Crippen LogP contribution in [0.15, 0.2) is 34.8 Å². The Kier molecular flexibility index (Phi) is 2.45. The van der Waals surface area contributed by atoms with Gasteiger partial charge in [-0.05, 0) is 30.3 Å². The number of nitrogen functional groups attached to an aromatic ring is 1. The second-order valence-corrected chi connectivity index (χ2v) is 4.77. The van der Waals surface area contributed by atoms with Gasteiger partial charge in [-0.3, -0.25) is 0 Å². The molecule has 3 rings (SSSR count). The first kappa shape index (κ1) is 11.0. The van der Waals surface area contributed by atoms with Gasteiger partial charge in [-0.15, -0.1) is 0 Å². The van der Waals surface area contributed by atoms with Crippen molar-refractivity contribution >= 4 is 32.9 Å². The van der Waals surface area contributed by atoms with Crippen molar-refractivity contribution in [2.45, 2.75) is 0 Å². The molecule has 6 heteroatoms. The highest BCUT2D eigenvalue weighted by atomic mass is 79.9. The van der Waals surface area contributed by atoms with Crippen molar-refractivity contribution in [1.29, 1.82) is 0 Å². The highest BCUT2D eigenvalue weighted by Gasteiger charge is 2.10. The Bertz CT molecular complexity index is 738. The number of hydrogen-bond donors (Lipinski definition) is 3. The number of aromatic nitrogens is 3. The van der Waals surface area contributed by atoms with Gasteiger partial charge < -0.3 is 15.8 Å². The molecule has 2 heterocycles. The lowest BCUT2D eigenvalue weighted by molar-refractivity contribution is 0.476. The summed E-state index contributed by atoms with van der Waals surface area (Å²) in [4.78, 5) is 11.5. The second kappa shape index (κ2) is 3.99. The topological polar surface area (TPSA) is 87.8 Å². The molecular formula is C12H9BrN4O. The zero-order valence-electron chi connectivity index (χ0n) is 9.18. The Labute approximate surface area is 111 Å². The third kappa shape index (κ3) is 1.80.